The minimum Gasteiger partial charge on any atom is -0.460 e. The van der Waals surface area contributed by atoms with Gasteiger partial charge in [0.1, 0.15) is 13.2 Å². The van der Waals surface area contributed by atoms with Gasteiger partial charge in [-0.2, -0.15) is 0 Å². The molecule has 104 valence electrons. The summed E-state index contributed by atoms with van der Waals surface area (Å²) in [6.07, 6.45) is 0. The molecule has 0 unspecified atom stereocenters. The summed E-state index contributed by atoms with van der Waals surface area (Å²) >= 11 is 0. The van der Waals surface area contributed by atoms with Crippen LogP contribution >= 0.6 is 0 Å². The predicted octanol–water partition coefficient (Wildman–Crippen LogP) is 1.40. The standard InChI is InChI=1S/C13H18N2O4/c1-10(2)12(16)18-7-5-14-9-15-6-8-19-13(17)11(3)4/h1,3,5-8H2,2,4H3. The maximum Gasteiger partial charge on any atom is 0.333 e. The summed E-state index contributed by atoms with van der Waals surface area (Å²) < 4.78 is 9.59. The third-order valence-electron chi connectivity index (χ3n) is 1.71. The van der Waals surface area contributed by atoms with Gasteiger partial charge in [-0.3, -0.25) is 0 Å². The number of hydrogen-bond donors (Lipinski definition) is 0. The number of esters is 2. The molecule has 0 spiro atoms. The Morgan fingerprint density at radius 3 is 1.63 bits per heavy atom. The number of aliphatic imine (C=N–C) groups is 2. The van der Waals surface area contributed by atoms with Crippen molar-refractivity contribution in [3.63, 3.8) is 0 Å². The van der Waals surface area contributed by atoms with Gasteiger partial charge in [-0.25, -0.2) is 19.6 Å². The van der Waals surface area contributed by atoms with Gasteiger partial charge in [0.2, 0.25) is 0 Å². The SMILES string of the molecule is C=C(C)C(=O)OCCN=C=NCCOC(=O)C(=C)C. The van der Waals surface area contributed by atoms with Gasteiger partial charge < -0.3 is 9.47 Å². The van der Waals surface area contributed by atoms with Crippen LogP contribution in [0, 0.1) is 0 Å². The van der Waals surface area contributed by atoms with Crippen LogP contribution < -0.4 is 0 Å². The number of hydrogen-bond acceptors (Lipinski definition) is 6. The molecule has 0 bridgehead atoms. The summed E-state index contributed by atoms with van der Waals surface area (Å²) in [5, 5.41) is 0. The summed E-state index contributed by atoms with van der Waals surface area (Å²) in [4.78, 5) is 29.5. The first-order valence-electron chi connectivity index (χ1n) is 5.68. The second kappa shape index (κ2) is 9.79. The highest BCUT2D eigenvalue weighted by Crippen LogP contribution is 1.92. The van der Waals surface area contributed by atoms with Gasteiger partial charge >= 0.3 is 11.9 Å². The lowest BCUT2D eigenvalue weighted by Gasteiger charge is -2.00. The lowest BCUT2D eigenvalue weighted by atomic mass is 10.4. The van der Waals surface area contributed by atoms with Crippen molar-refractivity contribution in [3.05, 3.63) is 24.3 Å². The van der Waals surface area contributed by atoms with E-state index in [1.165, 1.54) is 0 Å². The molecule has 0 atom stereocenters. The van der Waals surface area contributed by atoms with Gasteiger partial charge in [-0.15, -0.1) is 0 Å². The first-order chi connectivity index (χ1) is 8.95. The van der Waals surface area contributed by atoms with Crippen LogP contribution in [0.25, 0.3) is 0 Å². The van der Waals surface area contributed by atoms with E-state index in [9.17, 15) is 9.59 Å². The average Bonchev–Trinajstić information content (AvgIpc) is 2.35. The fraction of sp³-hybridized carbons (Fsp3) is 0.462. The Bertz CT molecular complexity index is 384. The Labute approximate surface area is 112 Å². The van der Waals surface area contributed by atoms with E-state index < -0.39 is 11.9 Å². The number of ether oxygens (including phenoxy) is 2. The molecule has 6 nitrogen and oxygen atoms in total. The van der Waals surface area contributed by atoms with Crippen LogP contribution in [0.1, 0.15) is 13.8 Å². The van der Waals surface area contributed by atoms with Crippen molar-refractivity contribution >= 4 is 17.9 Å². The molecule has 0 rings (SSSR count). The molecule has 0 aliphatic carbocycles. The number of nitrogens with zero attached hydrogens (tertiary/aromatic N) is 2. The normalized spacial score (nSPS) is 8.95. The van der Waals surface area contributed by atoms with E-state index in [-0.39, 0.29) is 26.3 Å². The van der Waals surface area contributed by atoms with Crippen molar-refractivity contribution in [2.75, 3.05) is 26.3 Å². The third kappa shape index (κ3) is 9.50. The van der Waals surface area contributed by atoms with Gasteiger partial charge in [0.05, 0.1) is 19.1 Å². The molecule has 0 aromatic heterocycles. The molecule has 0 saturated carbocycles. The lowest BCUT2D eigenvalue weighted by Crippen LogP contribution is -2.08. The monoisotopic (exact) mass is 266 g/mol. The summed E-state index contributed by atoms with van der Waals surface area (Å²) in [5.74, 6) is -0.891. The Morgan fingerprint density at radius 2 is 1.32 bits per heavy atom. The Balaban J connectivity index is 3.64. The Morgan fingerprint density at radius 1 is 0.947 bits per heavy atom. The zero-order valence-electron chi connectivity index (χ0n) is 11.3. The van der Waals surface area contributed by atoms with E-state index in [2.05, 4.69) is 29.2 Å². The molecule has 0 radical (unpaired) electrons. The summed E-state index contributed by atoms with van der Waals surface area (Å²) in [6, 6.07) is 2.41. The third-order valence-corrected chi connectivity index (χ3v) is 1.71. The maximum absolute atomic E-state index is 11.0. The van der Waals surface area contributed by atoms with E-state index in [0.717, 1.165) is 0 Å². The van der Waals surface area contributed by atoms with E-state index in [0.29, 0.717) is 11.1 Å². The van der Waals surface area contributed by atoms with Crippen LogP contribution in [-0.4, -0.2) is 44.3 Å². The second-order valence-electron chi connectivity index (χ2n) is 3.70. The minimum atomic E-state index is -0.446. The molecule has 0 fully saturated rings. The van der Waals surface area contributed by atoms with Gasteiger partial charge in [0.25, 0.3) is 0 Å². The molecule has 0 amide bonds. The predicted molar refractivity (Wildman–Crippen MR) is 71.1 cm³/mol. The molecular weight excluding hydrogens is 248 g/mol. The van der Waals surface area contributed by atoms with Crippen LogP contribution in [-0.2, 0) is 19.1 Å². The van der Waals surface area contributed by atoms with Crippen LogP contribution in [0.4, 0.5) is 0 Å². The quantitative estimate of drug-likeness (QED) is 0.288. The fourth-order valence-corrected chi connectivity index (χ4v) is 0.764. The number of carbonyl (C=O) groups is 2. The lowest BCUT2D eigenvalue weighted by molar-refractivity contribution is -0.139. The van der Waals surface area contributed by atoms with Crippen molar-refractivity contribution in [2.24, 2.45) is 9.98 Å². The van der Waals surface area contributed by atoms with Crippen LogP contribution in [0.3, 0.4) is 0 Å². The van der Waals surface area contributed by atoms with Crippen molar-refractivity contribution in [1.29, 1.82) is 0 Å². The van der Waals surface area contributed by atoms with E-state index in [4.69, 9.17) is 9.47 Å². The maximum atomic E-state index is 11.0. The van der Waals surface area contributed by atoms with Crippen molar-refractivity contribution in [2.45, 2.75) is 13.8 Å². The first-order valence-corrected chi connectivity index (χ1v) is 5.68. The molecule has 0 aliphatic rings. The van der Waals surface area contributed by atoms with Crippen molar-refractivity contribution < 1.29 is 19.1 Å². The fourth-order valence-electron chi connectivity index (χ4n) is 0.764. The molecule has 19 heavy (non-hydrogen) atoms. The van der Waals surface area contributed by atoms with Crippen LogP contribution in [0.5, 0.6) is 0 Å². The highest BCUT2D eigenvalue weighted by Gasteiger charge is 2.01. The molecule has 0 N–H and O–H groups in total. The Hall–Kier alpha value is -2.20. The van der Waals surface area contributed by atoms with E-state index in [1.807, 2.05) is 0 Å². The van der Waals surface area contributed by atoms with Gasteiger partial charge in [0, 0.05) is 11.1 Å². The summed E-state index contributed by atoms with van der Waals surface area (Å²) in [5.41, 5.74) is 0.689. The van der Waals surface area contributed by atoms with Gasteiger partial charge in [0.15, 0.2) is 0 Å². The summed E-state index contributed by atoms with van der Waals surface area (Å²) in [7, 11) is 0. The topological polar surface area (TPSA) is 77.3 Å². The van der Waals surface area contributed by atoms with Crippen molar-refractivity contribution in [1.82, 2.24) is 0 Å². The van der Waals surface area contributed by atoms with Gasteiger partial charge in [-0.1, -0.05) is 13.2 Å². The molecule has 0 aromatic rings. The van der Waals surface area contributed by atoms with E-state index >= 15 is 0 Å². The summed E-state index contributed by atoms with van der Waals surface area (Å²) in [6.45, 7) is 10.9. The molecule has 0 saturated heterocycles. The highest BCUT2D eigenvalue weighted by atomic mass is 16.5. The first kappa shape index (κ1) is 16.8. The second-order valence-corrected chi connectivity index (χ2v) is 3.70. The molecule has 0 aliphatic heterocycles. The minimum absolute atomic E-state index is 0.152. The van der Waals surface area contributed by atoms with Gasteiger partial charge in [-0.05, 0) is 13.8 Å². The van der Waals surface area contributed by atoms with Crippen molar-refractivity contribution in [3.8, 4) is 0 Å². The molecule has 6 heteroatoms. The van der Waals surface area contributed by atoms with Crippen LogP contribution in [0.2, 0.25) is 0 Å². The largest absolute Gasteiger partial charge is 0.460 e. The molecular formula is C13H18N2O4. The highest BCUT2D eigenvalue weighted by molar-refractivity contribution is 5.87. The molecule has 0 heterocycles. The zero-order chi connectivity index (χ0) is 14.7. The number of rotatable bonds is 8. The zero-order valence-corrected chi connectivity index (χ0v) is 11.3. The number of carbonyl (C=O) groups excluding carboxylic acids is 2. The van der Waals surface area contributed by atoms with Crippen LogP contribution in [0.15, 0.2) is 34.3 Å². The Kier molecular flexibility index (Phi) is 8.66. The molecule has 0 aromatic carbocycles. The average molecular weight is 266 g/mol. The van der Waals surface area contributed by atoms with E-state index in [1.54, 1.807) is 13.8 Å². The smallest absolute Gasteiger partial charge is 0.333 e.